The Morgan fingerprint density at radius 2 is 1.79 bits per heavy atom. The summed E-state index contributed by atoms with van der Waals surface area (Å²) < 4.78 is 4.91. The van der Waals surface area contributed by atoms with Gasteiger partial charge in [-0.15, -0.1) is 0 Å². The van der Waals surface area contributed by atoms with Crippen molar-refractivity contribution in [3.05, 3.63) is 81.7 Å². The van der Waals surface area contributed by atoms with Gasteiger partial charge in [0.05, 0.1) is 17.7 Å². The average Bonchev–Trinajstić information content (AvgIpc) is 3.22. The standard InChI is InChI=1S/C20H14ClN3O4/c1-11-8-17(23-28-11)18(25)22-16-7-6-13(21)9-12(16)10-24-19(26)14-4-2-3-5-15(14)20(24)27/h2-9H,10H2,1H3,(H,22,25). The van der Waals surface area contributed by atoms with Gasteiger partial charge in [0.15, 0.2) is 5.69 Å². The molecule has 0 radical (unpaired) electrons. The van der Waals surface area contributed by atoms with Gasteiger partial charge < -0.3 is 9.84 Å². The lowest BCUT2D eigenvalue weighted by Crippen LogP contribution is -2.29. The molecule has 0 atom stereocenters. The van der Waals surface area contributed by atoms with Crippen molar-refractivity contribution < 1.29 is 18.9 Å². The third-order valence-electron chi connectivity index (χ3n) is 4.38. The van der Waals surface area contributed by atoms with Crippen LogP contribution in [0.2, 0.25) is 5.02 Å². The number of fused-ring (bicyclic) bond motifs is 1. The van der Waals surface area contributed by atoms with Crippen LogP contribution in [0, 0.1) is 6.92 Å². The van der Waals surface area contributed by atoms with Crippen molar-refractivity contribution in [2.45, 2.75) is 13.5 Å². The van der Waals surface area contributed by atoms with E-state index >= 15 is 0 Å². The van der Waals surface area contributed by atoms with Gasteiger partial charge in [0.2, 0.25) is 0 Å². The first kappa shape index (κ1) is 17.9. The van der Waals surface area contributed by atoms with Gasteiger partial charge >= 0.3 is 0 Å². The highest BCUT2D eigenvalue weighted by Gasteiger charge is 2.35. The summed E-state index contributed by atoms with van der Waals surface area (Å²) in [4.78, 5) is 38.8. The Kier molecular flexibility index (Phi) is 4.44. The lowest BCUT2D eigenvalue weighted by atomic mass is 10.1. The number of halogens is 1. The Hall–Kier alpha value is -3.45. The summed E-state index contributed by atoms with van der Waals surface area (Å²) in [7, 11) is 0. The van der Waals surface area contributed by atoms with E-state index in [0.717, 1.165) is 4.90 Å². The maximum Gasteiger partial charge on any atom is 0.277 e. The summed E-state index contributed by atoms with van der Waals surface area (Å²) in [5.74, 6) is -0.731. The van der Waals surface area contributed by atoms with Crippen molar-refractivity contribution in [3.63, 3.8) is 0 Å². The van der Waals surface area contributed by atoms with E-state index in [2.05, 4.69) is 10.5 Å². The predicted molar refractivity (Wildman–Crippen MR) is 101 cm³/mol. The number of nitrogens with zero attached hydrogens (tertiary/aromatic N) is 2. The Morgan fingerprint density at radius 1 is 1.11 bits per heavy atom. The fourth-order valence-corrected chi connectivity index (χ4v) is 3.22. The molecular formula is C20H14ClN3O4. The Balaban J connectivity index is 1.62. The van der Waals surface area contributed by atoms with Gasteiger partial charge in [-0.3, -0.25) is 19.3 Å². The summed E-state index contributed by atoms with van der Waals surface area (Å²) in [5.41, 5.74) is 1.79. The van der Waals surface area contributed by atoms with Crippen LogP contribution >= 0.6 is 11.6 Å². The molecule has 7 nitrogen and oxygen atoms in total. The third-order valence-corrected chi connectivity index (χ3v) is 4.62. The number of hydrogen-bond acceptors (Lipinski definition) is 5. The smallest absolute Gasteiger partial charge is 0.277 e. The van der Waals surface area contributed by atoms with Gasteiger partial charge in [0, 0.05) is 16.8 Å². The van der Waals surface area contributed by atoms with E-state index in [1.807, 2.05) is 0 Å². The molecule has 0 fully saturated rings. The molecule has 0 aliphatic carbocycles. The number of benzene rings is 2. The molecule has 3 amide bonds. The fraction of sp³-hybridized carbons (Fsp3) is 0.100. The molecule has 4 rings (SSSR count). The molecule has 8 heteroatoms. The zero-order valence-corrected chi connectivity index (χ0v) is 15.5. The number of carbonyl (C=O) groups excluding carboxylic acids is 3. The molecule has 1 aromatic heterocycles. The number of hydrogen-bond donors (Lipinski definition) is 1. The van der Waals surface area contributed by atoms with Gasteiger partial charge in [-0.25, -0.2) is 0 Å². The summed E-state index contributed by atoms with van der Waals surface area (Å²) in [6, 6.07) is 13.0. The largest absolute Gasteiger partial charge is 0.361 e. The average molecular weight is 396 g/mol. The van der Waals surface area contributed by atoms with Crippen molar-refractivity contribution in [1.82, 2.24) is 10.1 Å². The molecule has 140 valence electrons. The van der Waals surface area contributed by atoms with Crippen LogP contribution in [0.1, 0.15) is 42.5 Å². The first-order valence-corrected chi connectivity index (χ1v) is 8.80. The number of aromatic nitrogens is 1. The van der Waals surface area contributed by atoms with Crippen LogP contribution in [0.15, 0.2) is 53.1 Å². The number of carbonyl (C=O) groups is 3. The number of nitrogens with one attached hydrogen (secondary N) is 1. The van der Waals surface area contributed by atoms with E-state index in [9.17, 15) is 14.4 Å². The molecule has 0 unspecified atom stereocenters. The van der Waals surface area contributed by atoms with Crippen LogP contribution in [-0.4, -0.2) is 27.8 Å². The lowest BCUT2D eigenvalue weighted by molar-refractivity contribution is 0.0642. The highest BCUT2D eigenvalue weighted by molar-refractivity contribution is 6.30. The van der Waals surface area contributed by atoms with Crippen LogP contribution in [-0.2, 0) is 6.54 Å². The van der Waals surface area contributed by atoms with Crippen molar-refractivity contribution in [1.29, 1.82) is 0 Å². The maximum absolute atomic E-state index is 12.6. The molecule has 28 heavy (non-hydrogen) atoms. The normalized spacial score (nSPS) is 13.0. The van der Waals surface area contributed by atoms with E-state index < -0.39 is 5.91 Å². The number of imide groups is 1. The van der Waals surface area contributed by atoms with Crippen LogP contribution in [0.3, 0.4) is 0 Å². The monoisotopic (exact) mass is 395 g/mol. The lowest BCUT2D eigenvalue weighted by Gasteiger charge is -2.17. The minimum Gasteiger partial charge on any atom is -0.361 e. The predicted octanol–water partition coefficient (Wildman–Crippen LogP) is 3.68. The van der Waals surface area contributed by atoms with E-state index in [0.29, 0.717) is 33.2 Å². The van der Waals surface area contributed by atoms with E-state index in [4.69, 9.17) is 16.1 Å². The van der Waals surface area contributed by atoms with Gasteiger partial charge in [-0.05, 0) is 42.8 Å². The van der Waals surface area contributed by atoms with Crippen molar-refractivity contribution in [3.8, 4) is 0 Å². The van der Waals surface area contributed by atoms with Gasteiger partial charge in [0.25, 0.3) is 17.7 Å². The Bertz CT molecular complexity index is 1090. The molecule has 2 heterocycles. The van der Waals surface area contributed by atoms with Crippen molar-refractivity contribution in [2.75, 3.05) is 5.32 Å². The quantitative estimate of drug-likeness (QED) is 0.680. The van der Waals surface area contributed by atoms with E-state index in [-0.39, 0.29) is 24.1 Å². The Labute approximate surface area is 164 Å². The van der Waals surface area contributed by atoms with Gasteiger partial charge in [-0.2, -0.15) is 0 Å². The fourth-order valence-electron chi connectivity index (χ4n) is 3.03. The van der Waals surface area contributed by atoms with Crippen LogP contribution < -0.4 is 5.32 Å². The summed E-state index contributed by atoms with van der Waals surface area (Å²) in [6.07, 6.45) is 0. The molecule has 1 aliphatic heterocycles. The maximum atomic E-state index is 12.6. The third kappa shape index (κ3) is 3.16. The van der Waals surface area contributed by atoms with E-state index in [1.165, 1.54) is 6.07 Å². The number of anilines is 1. The minimum absolute atomic E-state index is 0.0274. The molecule has 1 aliphatic rings. The molecule has 3 aromatic rings. The molecular weight excluding hydrogens is 382 g/mol. The molecule has 0 spiro atoms. The number of rotatable bonds is 4. The molecule has 1 N–H and O–H groups in total. The van der Waals surface area contributed by atoms with Crippen molar-refractivity contribution in [2.24, 2.45) is 0 Å². The zero-order valence-electron chi connectivity index (χ0n) is 14.7. The second kappa shape index (κ2) is 6.94. The van der Waals surface area contributed by atoms with E-state index in [1.54, 1.807) is 49.4 Å². The summed E-state index contributed by atoms with van der Waals surface area (Å²) in [5, 5.41) is 6.82. The van der Waals surface area contributed by atoms with Gasteiger partial charge in [0.1, 0.15) is 5.76 Å². The molecule has 0 saturated carbocycles. The van der Waals surface area contributed by atoms with Crippen LogP contribution in [0.5, 0.6) is 0 Å². The summed E-state index contributed by atoms with van der Waals surface area (Å²) in [6.45, 7) is 1.65. The van der Waals surface area contributed by atoms with Crippen LogP contribution in [0.25, 0.3) is 0 Å². The highest BCUT2D eigenvalue weighted by atomic mass is 35.5. The Morgan fingerprint density at radius 3 is 2.39 bits per heavy atom. The topological polar surface area (TPSA) is 92.5 Å². The molecule has 2 aromatic carbocycles. The first-order chi connectivity index (χ1) is 13.4. The second-order valence-electron chi connectivity index (χ2n) is 6.32. The zero-order chi connectivity index (χ0) is 19.8. The highest BCUT2D eigenvalue weighted by Crippen LogP contribution is 2.28. The van der Waals surface area contributed by atoms with Gasteiger partial charge in [-0.1, -0.05) is 28.9 Å². The molecule has 0 bridgehead atoms. The first-order valence-electron chi connectivity index (χ1n) is 8.42. The van der Waals surface area contributed by atoms with Crippen molar-refractivity contribution >= 4 is 35.0 Å². The number of aryl methyl sites for hydroxylation is 1. The molecule has 0 saturated heterocycles. The summed E-state index contributed by atoms with van der Waals surface area (Å²) >= 11 is 6.09. The minimum atomic E-state index is -0.470. The second-order valence-corrected chi connectivity index (χ2v) is 6.76. The number of amides is 3. The SMILES string of the molecule is Cc1cc(C(=O)Nc2ccc(Cl)cc2CN2C(=O)c3ccccc3C2=O)no1. The van der Waals surface area contributed by atoms with Crippen LogP contribution in [0.4, 0.5) is 5.69 Å².